The fourth-order valence-corrected chi connectivity index (χ4v) is 3.05. The number of hydrogen-bond acceptors (Lipinski definition) is 4. The topological polar surface area (TPSA) is 58.4 Å². The first-order chi connectivity index (χ1) is 8.77. The van der Waals surface area contributed by atoms with E-state index in [2.05, 4.69) is 10.5 Å². The lowest BCUT2D eigenvalue weighted by molar-refractivity contribution is -0.132. The fraction of sp³-hybridized carbons (Fsp3) is 0.692. The molecule has 0 bridgehead atoms. The molecule has 1 amide bonds. The largest absolute Gasteiger partial charge is 0.364 e. The predicted octanol–water partition coefficient (Wildman–Crippen LogP) is 1.66. The summed E-state index contributed by atoms with van der Waals surface area (Å²) in [5.74, 6) is 0.171. The SMILES string of the molecule is Cl.Cl.O=C(Cc1ccon1)N1CCC2(CCNC2)CC1. The van der Waals surface area contributed by atoms with Gasteiger partial charge in [-0.2, -0.15) is 0 Å². The van der Waals surface area contributed by atoms with Gasteiger partial charge in [0.1, 0.15) is 6.26 Å². The lowest BCUT2D eigenvalue weighted by Crippen LogP contribution is -2.44. The van der Waals surface area contributed by atoms with Crippen molar-refractivity contribution in [3.8, 4) is 0 Å². The van der Waals surface area contributed by atoms with E-state index in [0.29, 0.717) is 11.8 Å². The van der Waals surface area contributed by atoms with Crippen molar-refractivity contribution in [3.63, 3.8) is 0 Å². The van der Waals surface area contributed by atoms with Crippen molar-refractivity contribution in [1.29, 1.82) is 0 Å². The Labute approximate surface area is 131 Å². The molecule has 7 heteroatoms. The van der Waals surface area contributed by atoms with Crippen LogP contribution in [0.15, 0.2) is 16.9 Å². The third-order valence-corrected chi connectivity index (χ3v) is 4.33. The van der Waals surface area contributed by atoms with Crippen LogP contribution < -0.4 is 5.32 Å². The van der Waals surface area contributed by atoms with Gasteiger partial charge in [-0.25, -0.2) is 0 Å². The van der Waals surface area contributed by atoms with Crippen LogP contribution >= 0.6 is 24.8 Å². The number of rotatable bonds is 2. The van der Waals surface area contributed by atoms with E-state index in [0.717, 1.165) is 44.7 Å². The number of hydrogen-bond donors (Lipinski definition) is 1. The molecule has 5 nitrogen and oxygen atoms in total. The molecule has 3 heterocycles. The van der Waals surface area contributed by atoms with Crippen molar-refractivity contribution in [2.75, 3.05) is 26.2 Å². The third kappa shape index (κ3) is 3.65. The van der Waals surface area contributed by atoms with Crippen LogP contribution in [0, 0.1) is 5.41 Å². The van der Waals surface area contributed by atoms with E-state index >= 15 is 0 Å². The Hall–Kier alpha value is -0.780. The minimum atomic E-state index is 0. The van der Waals surface area contributed by atoms with E-state index in [1.54, 1.807) is 6.07 Å². The van der Waals surface area contributed by atoms with Crippen molar-refractivity contribution in [1.82, 2.24) is 15.4 Å². The van der Waals surface area contributed by atoms with Gasteiger partial charge in [-0.3, -0.25) is 4.79 Å². The second kappa shape index (κ2) is 7.29. The van der Waals surface area contributed by atoms with E-state index < -0.39 is 0 Å². The van der Waals surface area contributed by atoms with E-state index in [-0.39, 0.29) is 30.7 Å². The predicted molar refractivity (Wildman–Crippen MR) is 80.4 cm³/mol. The lowest BCUT2D eigenvalue weighted by Gasteiger charge is -2.38. The average molecular weight is 322 g/mol. The lowest BCUT2D eigenvalue weighted by atomic mass is 9.78. The maximum atomic E-state index is 12.1. The van der Waals surface area contributed by atoms with E-state index in [1.165, 1.54) is 12.7 Å². The summed E-state index contributed by atoms with van der Waals surface area (Å²) in [6.07, 6.45) is 5.40. The van der Waals surface area contributed by atoms with E-state index in [9.17, 15) is 4.79 Å². The number of amides is 1. The summed E-state index contributed by atoms with van der Waals surface area (Å²) in [4.78, 5) is 14.1. The van der Waals surface area contributed by atoms with Gasteiger partial charge in [-0.15, -0.1) is 24.8 Å². The number of halogens is 2. The van der Waals surface area contributed by atoms with Crippen LogP contribution in [0.5, 0.6) is 0 Å². The molecule has 1 spiro atoms. The first kappa shape index (κ1) is 17.3. The molecule has 0 radical (unpaired) electrons. The van der Waals surface area contributed by atoms with Crippen LogP contribution in [-0.4, -0.2) is 42.1 Å². The van der Waals surface area contributed by atoms with Crippen LogP contribution in [0.4, 0.5) is 0 Å². The molecule has 114 valence electrons. The monoisotopic (exact) mass is 321 g/mol. The van der Waals surface area contributed by atoms with Gasteiger partial charge >= 0.3 is 0 Å². The summed E-state index contributed by atoms with van der Waals surface area (Å²) in [5, 5.41) is 7.23. The maximum absolute atomic E-state index is 12.1. The van der Waals surface area contributed by atoms with Gasteiger partial charge in [-0.1, -0.05) is 5.16 Å². The molecule has 2 aliphatic rings. The number of nitrogens with one attached hydrogen (secondary N) is 1. The van der Waals surface area contributed by atoms with Gasteiger partial charge in [0.2, 0.25) is 5.91 Å². The first-order valence-corrected chi connectivity index (χ1v) is 6.65. The van der Waals surface area contributed by atoms with Crippen molar-refractivity contribution in [2.24, 2.45) is 5.41 Å². The standard InChI is InChI=1S/C13H19N3O2.2ClH/c17-12(9-11-1-8-18-15-11)16-6-3-13(4-7-16)2-5-14-10-13;;/h1,8,14H,2-7,9-10H2;2*1H. The minimum absolute atomic E-state index is 0. The molecule has 2 saturated heterocycles. The highest BCUT2D eigenvalue weighted by Gasteiger charge is 2.37. The van der Waals surface area contributed by atoms with Crippen molar-refractivity contribution in [2.45, 2.75) is 25.7 Å². The van der Waals surface area contributed by atoms with Gasteiger partial charge < -0.3 is 14.7 Å². The average Bonchev–Trinajstić information content (AvgIpc) is 3.03. The second-order valence-electron chi connectivity index (χ2n) is 5.48. The molecule has 1 aromatic rings. The zero-order valence-corrected chi connectivity index (χ0v) is 13.0. The van der Waals surface area contributed by atoms with Gasteiger partial charge in [0.05, 0.1) is 12.1 Å². The molecular weight excluding hydrogens is 301 g/mol. The van der Waals surface area contributed by atoms with Crippen LogP contribution in [-0.2, 0) is 11.2 Å². The highest BCUT2D eigenvalue weighted by atomic mass is 35.5. The van der Waals surface area contributed by atoms with Gasteiger partial charge in [-0.05, 0) is 31.2 Å². The molecule has 0 unspecified atom stereocenters. The Bertz CT molecular complexity index is 409. The zero-order chi connectivity index (χ0) is 12.4. The molecule has 2 fully saturated rings. The number of likely N-dealkylation sites (tertiary alicyclic amines) is 1. The van der Waals surface area contributed by atoms with Crippen molar-refractivity contribution < 1.29 is 9.32 Å². The van der Waals surface area contributed by atoms with E-state index in [4.69, 9.17) is 4.52 Å². The molecule has 0 aliphatic carbocycles. The van der Waals surface area contributed by atoms with Crippen LogP contribution in [0.25, 0.3) is 0 Å². The van der Waals surface area contributed by atoms with Crippen LogP contribution in [0.3, 0.4) is 0 Å². The number of carbonyl (C=O) groups is 1. The smallest absolute Gasteiger partial charge is 0.228 e. The molecule has 0 aromatic carbocycles. The summed E-state index contributed by atoms with van der Waals surface area (Å²) < 4.78 is 4.75. The summed E-state index contributed by atoms with van der Waals surface area (Å²) >= 11 is 0. The fourth-order valence-electron chi connectivity index (χ4n) is 3.05. The molecule has 3 rings (SSSR count). The Morgan fingerprint density at radius 1 is 1.35 bits per heavy atom. The van der Waals surface area contributed by atoms with Crippen molar-refractivity contribution in [3.05, 3.63) is 18.0 Å². The molecule has 2 aliphatic heterocycles. The number of piperidine rings is 1. The van der Waals surface area contributed by atoms with Crippen LogP contribution in [0.2, 0.25) is 0 Å². The number of aromatic nitrogens is 1. The normalized spacial score (nSPS) is 20.3. The molecular formula is C13H21Cl2N3O2. The molecule has 0 atom stereocenters. The Morgan fingerprint density at radius 3 is 2.65 bits per heavy atom. The third-order valence-electron chi connectivity index (χ3n) is 4.33. The highest BCUT2D eigenvalue weighted by molar-refractivity contribution is 5.85. The molecule has 0 saturated carbocycles. The van der Waals surface area contributed by atoms with E-state index in [1.807, 2.05) is 4.90 Å². The Balaban J connectivity index is 0.000001000. The molecule has 20 heavy (non-hydrogen) atoms. The molecule has 1 aromatic heterocycles. The maximum Gasteiger partial charge on any atom is 0.228 e. The first-order valence-electron chi connectivity index (χ1n) is 6.65. The van der Waals surface area contributed by atoms with Gasteiger partial charge in [0.25, 0.3) is 0 Å². The van der Waals surface area contributed by atoms with Crippen LogP contribution in [0.1, 0.15) is 25.0 Å². The summed E-state index contributed by atoms with van der Waals surface area (Å²) in [5.41, 5.74) is 1.19. The second-order valence-corrected chi connectivity index (χ2v) is 5.48. The number of nitrogens with zero attached hydrogens (tertiary/aromatic N) is 2. The Kier molecular flexibility index (Phi) is 6.30. The van der Waals surface area contributed by atoms with Gasteiger partial charge in [0.15, 0.2) is 0 Å². The zero-order valence-electron chi connectivity index (χ0n) is 11.3. The van der Waals surface area contributed by atoms with Crippen molar-refractivity contribution >= 4 is 30.7 Å². The highest BCUT2D eigenvalue weighted by Crippen LogP contribution is 2.36. The quantitative estimate of drug-likeness (QED) is 0.900. The Morgan fingerprint density at radius 2 is 2.10 bits per heavy atom. The minimum Gasteiger partial charge on any atom is -0.364 e. The van der Waals surface area contributed by atoms with Gasteiger partial charge in [0, 0.05) is 25.7 Å². The number of carbonyl (C=O) groups excluding carboxylic acids is 1. The molecule has 1 N–H and O–H groups in total. The summed E-state index contributed by atoms with van der Waals surface area (Å²) in [6.45, 7) is 4.03. The summed E-state index contributed by atoms with van der Waals surface area (Å²) in [6, 6.07) is 1.75. The summed E-state index contributed by atoms with van der Waals surface area (Å²) in [7, 11) is 0.